The molecule has 26 heavy (non-hydrogen) atoms. The van der Waals surface area contributed by atoms with Crippen LogP contribution in [0.2, 0.25) is 0 Å². The minimum atomic E-state index is 0.466. The van der Waals surface area contributed by atoms with Gasteiger partial charge in [0.1, 0.15) is 18.4 Å². The van der Waals surface area contributed by atoms with Crippen LogP contribution in [0, 0.1) is 20.8 Å². The van der Waals surface area contributed by atoms with Gasteiger partial charge in [-0.25, -0.2) is 19.3 Å². The van der Waals surface area contributed by atoms with Crippen LogP contribution in [0.5, 0.6) is 11.6 Å². The van der Waals surface area contributed by atoms with Gasteiger partial charge in [-0.3, -0.25) is 0 Å². The number of benzene rings is 1. The average Bonchev–Trinajstić information content (AvgIpc) is 3.25. The van der Waals surface area contributed by atoms with Crippen molar-refractivity contribution in [3.63, 3.8) is 0 Å². The van der Waals surface area contributed by atoms with Crippen molar-refractivity contribution in [2.45, 2.75) is 20.8 Å². The molecule has 8 heteroatoms. The Bertz CT molecular complexity index is 1040. The first-order valence-corrected chi connectivity index (χ1v) is 8.11. The van der Waals surface area contributed by atoms with Gasteiger partial charge in [0.25, 0.3) is 5.95 Å². The van der Waals surface area contributed by atoms with Gasteiger partial charge in [-0.2, -0.15) is 15.2 Å². The molecule has 0 aliphatic carbocycles. The molecule has 0 atom stereocenters. The van der Waals surface area contributed by atoms with E-state index in [1.165, 1.54) is 6.33 Å². The molecule has 4 rings (SSSR count). The maximum Gasteiger partial charge on any atom is 0.254 e. The number of nitrogens with zero attached hydrogens (tertiary/aromatic N) is 7. The molecule has 0 radical (unpaired) electrons. The second-order valence-electron chi connectivity index (χ2n) is 5.92. The van der Waals surface area contributed by atoms with Crippen LogP contribution in [-0.2, 0) is 0 Å². The number of hydrogen-bond acceptors (Lipinski definition) is 6. The third-order valence-corrected chi connectivity index (χ3v) is 3.76. The van der Waals surface area contributed by atoms with E-state index in [2.05, 4.69) is 25.1 Å². The highest BCUT2D eigenvalue weighted by molar-refractivity contribution is 5.38. The molecule has 0 fully saturated rings. The lowest BCUT2D eigenvalue weighted by molar-refractivity contribution is 0.458. The Hall–Kier alpha value is -3.55. The van der Waals surface area contributed by atoms with Gasteiger partial charge < -0.3 is 4.74 Å². The maximum absolute atomic E-state index is 5.90. The van der Waals surface area contributed by atoms with Gasteiger partial charge in [0, 0.05) is 17.5 Å². The van der Waals surface area contributed by atoms with Gasteiger partial charge in [0.15, 0.2) is 0 Å². The van der Waals surface area contributed by atoms with E-state index >= 15 is 0 Å². The van der Waals surface area contributed by atoms with E-state index < -0.39 is 0 Å². The summed E-state index contributed by atoms with van der Waals surface area (Å²) in [4.78, 5) is 12.9. The highest BCUT2D eigenvalue weighted by Crippen LogP contribution is 2.22. The highest BCUT2D eigenvalue weighted by Gasteiger charge is 2.10. The number of aryl methyl sites for hydroxylation is 3. The Kier molecular flexibility index (Phi) is 3.92. The Morgan fingerprint density at radius 1 is 0.923 bits per heavy atom. The highest BCUT2D eigenvalue weighted by atomic mass is 16.5. The van der Waals surface area contributed by atoms with Crippen LogP contribution in [0.1, 0.15) is 17.1 Å². The second kappa shape index (κ2) is 6.40. The SMILES string of the molecule is Cc1cc(Oc2ccc(-n3cncn3)cc2)nc(-n2nc(C)cc2C)n1. The number of ether oxygens (including phenoxy) is 1. The van der Waals surface area contributed by atoms with E-state index in [4.69, 9.17) is 4.74 Å². The van der Waals surface area contributed by atoms with E-state index in [0.717, 1.165) is 22.8 Å². The van der Waals surface area contributed by atoms with E-state index in [-0.39, 0.29) is 0 Å². The maximum atomic E-state index is 5.90. The zero-order valence-electron chi connectivity index (χ0n) is 14.7. The normalized spacial score (nSPS) is 10.9. The number of hydrogen-bond donors (Lipinski definition) is 0. The molecule has 3 heterocycles. The summed E-state index contributed by atoms with van der Waals surface area (Å²) in [6.07, 6.45) is 3.14. The van der Waals surface area contributed by atoms with Crippen LogP contribution in [0.4, 0.5) is 0 Å². The number of rotatable bonds is 4. The molecule has 1 aromatic carbocycles. The van der Waals surface area contributed by atoms with Gasteiger partial charge >= 0.3 is 0 Å². The first-order chi connectivity index (χ1) is 12.6. The van der Waals surface area contributed by atoms with Gasteiger partial charge in [-0.05, 0) is 51.1 Å². The largest absolute Gasteiger partial charge is 0.439 e. The molecule has 0 amide bonds. The van der Waals surface area contributed by atoms with Crippen LogP contribution in [0.3, 0.4) is 0 Å². The molecule has 0 spiro atoms. The molecule has 0 aliphatic heterocycles. The van der Waals surface area contributed by atoms with Crippen molar-refractivity contribution in [2.75, 3.05) is 0 Å². The molecular weight excluding hydrogens is 330 g/mol. The van der Waals surface area contributed by atoms with Gasteiger partial charge in [0.05, 0.1) is 11.4 Å². The van der Waals surface area contributed by atoms with Crippen molar-refractivity contribution in [1.82, 2.24) is 34.5 Å². The molecule has 0 saturated heterocycles. The molecule has 0 N–H and O–H groups in total. The lowest BCUT2D eigenvalue weighted by Gasteiger charge is -2.09. The lowest BCUT2D eigenvalue weighted by Crippen LogP contribution is -2.07. The predicted molar refractivity (Wildman–Crippen MR) is 94.8 cm³/mol. The summed E-state index contributed by atoms with van der Waals surface area (Å²) in [5.74, 6) is 1.63. The van der Waals surface area contributed by atoms with E-state index in [0.29, 0.717) is 17.6 Å². The van der Waals surface area contributed by atoms with Gasteiger partial charge in [-0.15, -0.1) is 0 Å². The predicted octanol–water partition coefficient (Wildman–Crippen LogP) is 2.96. The molecule has 0 aliphatic rings. The molecule has 8 nitrogen and oxygen atoms in total. The minimum Gasteiger partial charge on any atom is -0.439 e. The monoisotopic (exact) mass is 347 g/mol. The fourth-order valence-electron chi connectivity index (χ4n) is 2.63. The summed E-state index contributed by atoms with van der Waals surface area (Å²) in [6.45, 7) is 5.81. The molecule has 0 unspecified atom stereocenters. The van der Waals surface area contributed by atoms with E-state index in [1.54, 1.807) is 21.8 Å². The fraction of sp³-hybridized carbons (Fsp3) is 0.167. The Morgan fingerprint density at radius 2 is 1.73 bits per heavy atom. The topological polar surface area (TPSA) is 83.5 Å². The molecule has 0 saturated carbocycles. The lowest BCUT2D eigenvalue weighted by atomic mass is 10.3. The van der Waals surface area contributed by atoms with Crippen molar-refractivity contribution in [2.24, 2.45) is 0 Å². The van der Waals surface area contributed by atoms with Crippen LogP contribution in [-0.4, -0.2) is 34.5 Å². The minimum absolute atomic E-state index is 0.466. The summed E-state index contributed by atoms with van der Waals surface area (Å²) in [5.41, 5.74) is 3.59. The molecular formula is C18H17N7O. The Morgan fingerprint density at radius 3 is 2.38 bits per heavy atom. The van der Waals surface area contributed by atoms with Crippen LogP contribution in [0.15, 0.2) is 49.1 Å². The van der Waals surface area contributed by atoms with Crippen molar-refractivity contribution < 1.29 is 4.74 Å². The smallest absolute Gasteiger partial charge is 0.254 e. The first-order valence-electron chi connectivity index (χ1n) is 8.11. The molecule has 130 valence electrons. The van der Waals surface area contributed by atoms with E-state index in [1.807, 2.05) is 51.1 Å². The second-order valence-corrected chi connectivity index (χ2v) is 5.92. The summed E-state index contributed by atoms with van der Waals surface area (Å²) >= 11 is 0. The van der Waals surface area contributed by atoms with Crippen molar-refractivity contribution in [3.8, 4) is 23.3 Å². The fourth-order valence-corrected chi connectivity index (χ4v) is 2.63. The number of aromatic nitrogens is 7. The average molecular weight is 347 g/mol. The molecule has 0 bridgehead atoms. The summed E-state index contributed by atoms with van der Waals surface area (Å²) in [6, 6.07) is 11.3. The zero-order valence-corrected chi connectivity index (χ0v) is 14.7. The first kappa shape index (κ1) is 15.9. The van der Waals surface area contributed by atoms with Crippen molar-refractivity contribution in [3.05, 3.63) is 66.1 Å². The summed E-state index contributed by atoms with van der Waals surface area (Å²) < 4.78 is 9.29. The molecule has 3 aromatic heterocycles. The quantitative estimate of drug-likeness (QED) is 0.564. The molecule has 4 aromatic rings. The van der Waals surface area contributed by atoms with Crippen LogP contribution < -0.4 is 4.74 Å². The van der Waals surface area contributed by atoms with Crippen LogP contribution in [0.25, 0.3) is 11.6 Å². The van der Waals surface area contributed by atoms with Crippen LogP contribution >= 0.6 is 0 Å². The summed E-state index contributed by atoms with van der Waals surface area (Å²) in [5, 5.41) is 8.53. The van der Waals surface area contributed by atoms with Crippen molar-refractivity contribution >= 4 is 0 Å². The third-order valence-electron chi connectivity index (χ3n) is 3.76. The Balaban J connectivity index is 1.61. The summed E-state index contributed by atoms with van der Waals surface area (Å²) in [7, 11) is 0. The standard InChI is InChI=1S/C18H17N7O/c1-12-9-17(22-18(21-12)25-14(3)8-13(2)23-25)26-16-6-4-15(5-7-16)24-11-19-10-20-24/h4-11H,1-3H3. The van der Waals surface area contributed by atoms with E-state index in [9.17, 15) is 0 Å². The van der Waals surface area contributed by atoms with Gasteiger partial charge in [0.2, 0.25) is 5.88 Å². The Labute approximate surface area is 150 Å². The third kappa shape index (κ3) is 3.16. The van der Waals surface area contributed by atoms with Crippen molar-refractivity contribution in [1.29, 1.82) is 0 Å². The zero-order chi connectivity index (χ0) is 18.1. The van der Waals surface area contributed by atoms with Gasteiger partial charge in [-0.1, -0.05) is 0 Å².